The molecule has 2 nitrogen and oxygen atoms in total. The minimum atomic E-state index is -0.213. The molecule has 1 amide bonds. The SMILES string of the molecule is CC(CNC(=O)C1[C@H]2CCCCC[C@@H]12)(c1ccccc1)c1ccccc1. The van der Waals surface area contributed by atoms with Crippen molar-refractivity contribution in [2.45, 2.75) is 44.4 Å². The number of rotatable bonds is 5. The van der Waals surface area contributed by atoms with E-state index in [4.69, 9.17) is 0 Å². The summed E-state index contributed by atoms with van der Waals surface area (Å²) in [5.74, 6) is 1.85. The van der Waals surface area contributed by atoms with Gasteiger partial charge in [0.1, 0.15) is 0 Å². The maximum atomic E-state index is 12.9. The summed E-state index contributed by atoms with van der Waals surface area (Å²) in [5, 5.41) is 3.32. The summed E-state index contributed by atoms with van der Waals surface area (Å²) < 4.78 is 0. The average molecular weight is 348 g/mol. The second kappa shape index (κ2) is 7.26. The number of carbonyl (C=O) groups excluding carboxylic acids is 1. The van der Waals surface area contributed by atoms with Gasteiger partial charge in [-0.3, -0.25) is 4.79 Å². The van der Waals surface area contributed by atoms with Crippen molar-refractivity contribution >= 4 is 5.91 Å². The third-order valence-electron chi connectivity index (χ3n) is 6.65. The highest BCUT2D eigenvalue weighted by atomic mass is 16.2. The van der Waals surface area contributed by atoms with Crippen LogP contribution in [0.1, 0.15) is 50.2 Å². The summed E-state index contributed by atoms with van der Waals surface area (Å²) in [7, 11) is 0. The van der Waals surface area contributed by atoms with E-state index in [1.165, 1.54) is 43.2 Å². The smallest absolute Gasteiger partial charge is 0.223 e. The number of hydrogen-bond acceptors (Lipinski definition) is 1. The Morgan fingerprint density at radius 3 is 1.88 bits per heavy atom. The molecule has 2 aliphatic carbocycles. The van der Waals surface area contributed by atoms with Crippen LogP contribution in [0.15, 0.2) is 60.7 Å². The van der Waals surface area contributed by atoms with E-state index in [0.717, 1.165) is 0 Å². The zero-order valence-electron chi connectivity index (χ0n) is 15.7. The van der Waals surface area contributed by atoms with Crippen LogP contribution >= 0.6 is 0 Å². The molecule has 0 saturated heterocycles. The molecule has 2 aromatic rings. The molecule has 2 saturated carbocycles. The second-order valence-corrected chi connectivity index (χ2v) is 8.27. The maximum Gasteiger partial charge on any atom is 0.223 e. The van der Waals surface area contributed by atoms with Gasteiger partial charge < -0.3 is 5.32 Å². The van der Waals surface area contributed by atoms with Gasteiger partial charge in [-0.2, -0.15) is 0 Å². The Morgan fingerprint density at radius 2 is 1.38 bits per heavy atom. The summed E-state index contributed by atoms with van der Waals surface area (Å²) in [6.07, 6.45) is 6.45. The van der Waals surface area contributed by atoms with Gasteiger partial charge in [0.15, 0.2) is 0 Å². The van der Waals surface area contributed by atoms with Crippen molar-refractivity contribution in [3.63, 3.8) is 0 Å². The molecule has 2 aromatic carbocycles. The predicted molar refractivity (Wildman–Crippen MR) is 106 cm³/mol. The molecule has 1 unspecified atom stereocenters. The lowest BCUT2D eigenvalue weighted by atomic mass is 9.76. The maximum absolute atomic E-state index is 12.9. The highest BCUT2D eigenvalue weighted by Crippen LogP contribution is 2.54. The van der Waals surface area contributed by atoms with Gasteiger partial charge in [0.05, 0.1) is 0 Å². The minimum absolute atomic E-state index is 0.213. The number of fused-ring (bicyclic) bond motifs is 1. The van der Waals surface area contributed by atoms with E-state index in [2.05, 4.69) is 60.8 Å². The van der Waals surface area contributed by atoms with E-state index in [0.29, 0.717) is 18.4 Å². The first-order valence-corrected chi connectivity index (χ1v) is 10.1. The van der Waals surface area contributed by atoms with Gasteiger partial charge in [0.2, 0.25) is 5.91 Å². The Morgan fingerprint density at radius 1 is 0.885 bits per heavy atom. The standard InChI is InChI=1S/C24H29NO/c1-24(18-11-5-2-6-12-18,19-13-7-3-8-14-19)17-25-23(26)22-20-15-9-4-10-16-21(20)22/h2-3,5-8,11-14,20-22H,4,9-10,15-17H2,1H3,(H,25,26)/t20-,21+,22?. The average Bonchev–Trinajstić information content (AvgIpc) is 3.43. The van der Waals surface area contributed by atoms with Gasteiger partial charge >= 0.3 is 0 Å². The summed E-state index contributed by atoms with van der Waals surface area (Å²) >= 11 is 0. The van der Waals surface area contributed by atoms with Crippen LogP contribution in [-0.4, -0.2) is 12.5 Å². The fourth-order valence-electron chi connectivity index (χ4n) is 4.92. The topological polar surface area (TPSA) is 29.1 Å². The summed E-state index contributed by atoms with van der Waals surface area (Å²) in [4.78, 5) is 12.9. The normalized spacial score (nSPS) is 25.0. The van der Waals surface area contributed by atoms with Crippen molar-refractivity contribution in [1.29, 1.82) is 0 Å². The van der Waals surface area contributed by atoms with E-state index < -0.39 is 0 Å². The number of carbonyl (C=O) groups is 1. The van der Waals surface area contributed by atoms with E-state index >= 15 is 0 Å². The Balaban J connectivity index is 1.50. The van der Waals surface area contributed by atoms with Crippen LogP contribution in [0.5, 0.6) is 0 Å². The number of benzene rings is 2. The van der Waals surface area contributed by atoms with Crippen LogP contribution in [0, 0.1) is 17.8 Å². The first kappa shape index (κ1) is 17.3. The Hall–Kier alpha value is -2.09. The third kappa shape index (κ3) is 3.30. The predicted octanol–water partition coefficient (Wildman–Crippen LogP) is 4.94. The number of amides is 1. The molecule has 136 valence electrons. The highest BCUT2D eigenvalue weighted by Gasteiger charge is 2.53. The molecule has 0 heterocycles. The zero-order chi connectivity index (χ0) is 18.0. The van der Waals surface area contributed by atoms with Crippen LogP contribution in [0.25, 0.3) is 0 Å². The quantitative estimate of drug-likeness (QED) is 0.816. The number of nitrogens with one attached hydrogen (secondary N) is 1. The van der Waals surface area contributed by atoms with Crippen molar-refractivity contribution in [1.82, 2.24) is 5.32 Å². The zero-order valence-corrected chi connectivity index (χ0v) is 15.7. The minimum Gasteiger partial charge on any atom is -0.355 e. The molecule has 4 rings (SSSR count). The van der Waals surface area contributed by atoms with Gasteiger partial charge in [-0.15, -0.1) is 0 Å². The Labute approximate surface area is 157 Å². The molecule has 0 spiro atoms. The summed E-state index contributed by atoms with van der Waals surface area (Å²) in [6, 6.07) is 21.1. The molecule has 3 atom stereocenters. The monoisotopic (exact) mass is 347 g/mol. The Bertz CT molecular complexity index is 688. The van der Waals surface area contributed by atoms with Crippen LogP contribution in [0.2, 0.25) is 0 Å². The van der Waals surface area contributed by atoms with Crippen molar-refractivity contribution < 1.29 is 4.79 Å². The fraction of sp³-hybridized carbons (Fsp3) is 0.458. The molecular weight excluding hydrogens is 318 g/mol. The molecule has 0 aliphatic heterocycles. The van der Waals surface area contributed by atoms with E-state index in [1.54, 1.807) is 0 Å². The first-order chi connectivity index (χ1) is 12.7. The van der Waals surface area contributed by atoms with Gasteiger partial charge in [-0.1, -0.05) is 79.9 Å². The van der Waals surface area contributed by atoms with Crippen molar-refractivity contribution in [3.8, 4) is 0 Å². The highest BCUT2D eigenvalue weighted by molar-refractivity contribution is 5.82. The molecule has 2 fully saturated rings. The third-order valence-corrected chi connectivity index (χ3v) is 6.65. The van der Waals surface area contributed by atoms with E-state index in [9.17, 15) is 4.79 Å². The van der Waals surface area contributed by atoms with Crippen molar-refractivity contribution in [3.05, 3.63) is 71.8 Å². The second-order valence-electron chi connectivity index (χ2n) is 8.27. The lowest BCUT2D eigenvalue weighted by Crippen LogP contribution is -2.40. The van der Waals surface area contributed by atoms with Crippen LogP contribution in [0.4, 0.5) is 0 Å². The van der Waals surface area contributed by atoms with E-state index in [-0.39, 0.29) is 17.2 Å². The molecule has 0 aromatic heterocycles. The largest absolute Gasteiger partial charge is 0.355 e. The van der Waals surface area contributed by atoms with E-state index in [1.807, 2.05) is 12.1 Å². The van der Waals surface area contributed by atoms with Crippen molar-refractivity contribution in [2.75, 3.05) is 6.54 Å². The van der Waals surface area contributed by atoms with Gasteiger partial charge in [-0.05, 0) is 42.7 Å². The van der Waals surface area contributed by atoms with Crippen molar-refractivity contribution in [2.24, 2.45) is 17.8 Å². The lowest BCUT2D eigenvalue weighted by molar-refractivity contribution is -0.123. The molecule has 2 aliphatic rings. The lowest BCUT2D eigenvalue weighted by Gasteiger charge is -2.31. The molecule has 0 bridgehead atoms. The molecule has 26 heavy (non-hydrogen) atoms. The Kier molecular flexibility index (Phi) is 4.84. The molecular formula is C24H29NO. The molecule has 1 N–H and O–H groups in total. The number of hydrogen-bond donors (Lipinski definition) is 1. The van der Waals surface area contributed by atoms with Crippen LogP contribution in [0.3, 0.4) is 0 Å². The summed E-state index contributed by atoms with van der Waals surface area (Å²) in [5.41, 5.74) is 2.28. The van der Waals surface area contributed by atoms with Crippen LogP contribution < -0.4 is 5.32 Å². The molecule has 0 radical (unpaired) electrons. The van der Waals surface area contributed by atoms with Crippen LogP contribution in [-0.2, 0) is 10.2 Å². The fourth-order valence-corrected chi connectivity index (χ4v) is 4.92. The summed E-state index contributed by atoms with van der Waals surface area (Å²) in [6.45, 7) is 2.89. The molecule has 2 heteroatoms. The van der Waals surface area contributed by atoms with Gasteiger partial charge in [-0.25, -0.2) is 0 Å². The van der Waals surface area contributed by atoms with Gasteiger partial charge in [0, 0.05) is 17.9 Å². The van der Waals surface area contributed by atoms with Gasteiger partial charge in [0.25, 0.3) is 0 Å². The first-order valence-electron chi connectivity index (χ1n) is 10.1.